The van der Waals surface area contributed by atoms with E-state index in [0.717, 1.165) is 16.8 Å². The van der Waals surface area contributed by atoms with Gasteiger partial charge in [-0.15, -0.1) is 0 Å². The Morgan fingerprint density at radius 1 is 1.00 bits per heavy atom. The van der Waals surface area contributed by atoms with Gasteiger partial charge in [0.1, 0.15) is 12.7 Å². The summed E-state index contributed by atoms with van der Waals surface area (Å²) in [6.45, 7) is 1.56. The molecule has 0 aliphatic rings. The zero-order valence-electron chi connectivity index (χ0n) is 13.1. The van der Waals surface area contributed by atoms with Gasteiger partial charge < -0.3 is 10.6 Å². The van der Waals surface area contributed by atoms with E-state index in [1.54, 1.807) is 17.2 Å². The minimum Gasteiger partial charge on any atom is -0.334 e. The maximum absolute atomic E-state index is 11.8. The number of carbonyl (C=O) groups is 1. The molecule has 0 radical (unpaired) electrons. The maximum atomic E-state index is 11.8. The van der Waals surface area contributed by atoms with Crippen LogP contribution in [0.15, 0.2) is 61.3 Å². The summed E-state index contributed by atoms with van der Waals surface area (Å²) in [6, 6.07) is 13.4. The lowest BCUT2D eigenvalue weighted by Gasteiger charge is -2.08. The molecule has 0 atom stereocenters. The van der Waals surface area contributed by atoms with Crippen LogP contribution in [-0.4, -0.2) is 25.8 Å². The van der Waals surface area contributed by atoms with Gasteiger partial charge in [-0.25, -0.2) is 14.5 Å². The third kappa shape index (κ3) is 4.64. The lowest BCUT2D eigenvalue weighted by atomic mass is 10.1. The Labute approximate surface area is 139 Å². The van der Waals surface area contributed by atoms with Gasteiger partial charge in [-0.05, 0) is 23.3 Å². The van der Waals surface area contributed by atoms with E-state index in [0.29, 0.717) is 19.6 Å². The second-order valence-corrected chi connectivity index (χ2v) is 5.27. The predicted octanol–water partition coefficient (Wildman–Crippen LogP) is 1.72. The third-order valence-electron chi connectivity index (χ3n) is 3.44. The van der Waals surface area contributed by atoms with E-state index in [1.165, 1.54) is 6.33 Å². The number of urea groups is 1. The van der Waals surface area contributed by atoms with Crippen molar-refractivity contribution in [2.24, 2.45) is 0 Å². The summed E-state index contributed by atoms with van der Waals surface area (Å²) in [7, 11) is 0. The molecule has 0 unspecified atom stereocenters. The molecule has 0 saturated heterocycles. The standard InChI is InChI=1S/C17H18N6O/c24-17(21-10-16-3-1-2-8-19-16)20-9-14-4-6-15(7-5-14)11-23-13-18-12-22-23/h1-8,12-13H,9-11H2,(H2,20,21,24). The number of hydrogen-bond acceptors (Lipinski definition) is 4. The number of aromatic nitrogens is 4. The number of nitrogens with zero attached hydrogens (tertiary/aromatic N) is 4. The van der Waals surface area contributed by atoms with Crippen molar-refractivity contribution in [1.29, 1.82) is 0 Å². The molecule has 2 aromatic heterocycles. The Morgan fingerprint density at radius 2 is 1.79 bits per heavy atom. The van der Waals surface area contributed by atoms with Gasteiger partial charge >= 0.3 is 6.03 Å². The first kappa shape index (κ1) is 15.7. The number of benzene rings is 1. The molecular weight excluding hydrogens is 304 g/mol. The number of pyridine rings is 1. The Bertz CT molecular complexity index is 756. The largest absolute Gasteiger partial charge is 0.334 e. The van der Waals surface area contributed by atoms with E-state index in [4.69, 9.17) is 0 Å². The summed E-state index contributed by atoms with van der Waals surface area (Å²) < 4.78 is 1.76. The van der Waals surface area contributed by atoms with Crippen LogP contribution in [0.5, 0.6) is 0 Å². The van der Waals surface area contributed by atoms with Crippen molar-refractivity contribution in [2.45, 2.75) is 19.6 Å². The fourth-order valence-corrected chi connectivity index (χ4v) is 2.18. The van der Waals surface area contributed by atoms with Crippen LogP contribution in [0.25, 0.3) is 0 Å². The van der Waals surface area contributed by atoms with Gasteiger partial charge in [-0.2, -0.15) is 5.10 Å². The van der Waals surface area contributed by atoms with Gasteiger partial charge in [-0.3, -0.25) is 4.98 Å². The van der Waals surface area contributed by atoms with E-state index in [-0.39, 0.29) is 6.03 Å². The van der Waals surface area contributed by atoms with Gasteiger partial charge in [0.05, 0.1) is 18.8 Å². The molecule has 2 amide bonds. The Balaban J connectivity index is 1.43. The molecule has 7 heteroatoms. The first-order chi connectivity index (χ1) is 11.8. The fraction of sp³-hybridized carbons (Fsp3) is 0.176. The zero-order chi connectivity index (χ0) is 16.6. The molecule has 0 fully saturated rings. The van der Waals surface area contributed by atoms with Crippen LogP contribution in [0.3, 0.4) is 0 Å². The van der Waals surface area contributed by atoms with Crippen molar-refractivity contribution < 1.29 is 4.79 Å². The van der Waals surface area contributed by atoms with Crippen LogP contribution >= 0.6 is 0 Å². The average molecular weight is 322 g/mol. The monoisotopic (exact) mass is 322 g/mol. The molecular formula is C17H18N6O. The van der Waals surface area contributed by atoms with Crippen molar-refractivity contribution in [2.75, 3.05) is 0 Å². The molecule has 24 heavy (non-hydrogen) atoms. The smallest absolute Gasteiger partial charge is 0.315 e. The van der Waals surface area contributed by atoms with Crippen LogP contribution in [0.1, 0.15) is 16.8 Å². The van der Waals surface area contributed by atoms with Crippen molar-refractivity contribution in [3.05, 3.63) is 78.1 Å². The van der Waals surface area contributed by atoms with Gasteiger partial charge in [0.2, 0.25) is 0 Å². The van der Waals surface area contributed by atoms with Crippen molar-refractivity contribution in [3.8, 4) is 0 Å². The van der Waals surface area contributed by atoms with Gasteiger partial charge in [0.15, 0.2) is 0 Å². The first-order valence-corrected chi connectivity index (χ1v) is 7.61. The second kappa shape index (κ2) is 7.87. The fourth-order valence-electron chi connectivity index (χ4n) is 2.18. The molecule has 2 N–H and O–H groups in total. The molecule has 0 aliphatic heterocycles. The maximum Gasteiger partial charge on any atom is 0.315 e. The SMILES string of the molecule is O=C(NCc1ccc(Cn2cncn2)cc1)NCc1ccccn1. The van der Waals surface area contributed by atoms with E-state index < -0.39 is 0 Å². The molecule has 0 bridgehead atoms. The summed E-state index contributed by atoms with van der Waals surface area (Å²) in [5.74, 6) is 0. The Morgan fingerprint density at radius 3 is 2.50 bits per heavy atom. The molecule has 0 aliphatic carbocycles. The van der Waals surface area contributed by atoms with Crippen molar-refractivity contribution in [1.82, 2.24) is 30.4 Å². The van der Waals surface area contributed by atoms with Crippen LogP contribution in [0.4, 0.5) is 4.79 Å². The molecule has 3 aromatic rings. The lowest BCUT2D eigenvalue weighted by Crippen LogP contribution is -2.34. The number of hydrogen-bond donors (Lipinski definition) is 2. The van der Waals surface area contributed by atoms with E-state index in [9.17, 15) is 4.79 Å². The molecule has 0 spiro atoms. The molecule has 122 valence electrons. The quantitative estimate of drug-likeness (QED) is 0.724. The predicted molar refractivity (Wildman–Crippen MR) is 88.9 cm³/mol. The zero-order valence-corrected chi connectivity index (χ0v) is 13.1. The molecule has 7 nitrogen and oxygen atoms in total. The minimum atomic E-state index is -0.215. The highest BCUT2D eigenvalue weighted by atomic mass is 16.2. The highest BCUT2D eigenvalue weighted by Gasteiger charge is 2.02. The van der Waals surface area contributed by atoms with Crippen LogP contribution in [0, 0.1) is 0 Å². The summed E-state index contributed by atoms with van der Waals surface area (Å²) in [6.07, 6.45) is 4.90. The highest BCUT2D eigenvalue weighted by molar-refractivity contribution is 5.73. The van der Waals surface area contributed by atoms with Crippen LogP contribution in [0.2, 0.25) is 0 Å². The molecule has 1 aromatic carbocycles. The highest BCUT2D eigenvalue weighted by Crippen LogP contribution is 2.05. The van der Waals surface area contributed by atoms with Gasteiger partial charge in [-0.1, -0.05) is 30.3 Å². The van der Waals surface area contributed by atoms with Gasteiger partial charge in [0, 0.05) is 12.7 Å². The van der Waals surface area contributed by atoms with E-state index >= 15 is 0 Å². The normalized spacial score (nSPS) is 10.3. The summed E-state index contributed by atoms with van der Waals surface area (Å²) in [5, 5.41) is 9.68. The van der Waals surface area contributed by atoms with Crippen LogP contribution < -0.4 is 10.6 Å². The van der Waals surface area contributed by atoms with E-state index in [1.807, 2.05) is 42.5 Å². The van der Waals surface area contributed by atoms with Crippen LogP contribution in [-0.2, 0) is 19.6 Å². The van der Waals surface area contributed by atoms with E-state index in [2.05, 4.69) is 25.7 Å². The summed E-state index contributed by atoms with van der Waals surface area (Å²) in [4.78, 5) is 19.9. The number of nitrogens with one attached hydrogen (secondary N) is 2. The van der Waals surface area contributed by atoms with Crippen molar-refractivity contribution >= 4 is 6.03 Å². The summed E-state index contributed by atoms with van der Waals surface area (Å²) >= 11 is 0. The second-order valence-electron chi connectivity index (χ2n) is 5.27. The number of carbonyl (C=O) groups excluding carboxylic acids is 1. The third-order valence-corrected chi connectivity index (χ3v) is 3.44. The molecule has 0 saturated carbocycles. The number of amides is 2. The minimum absolute atomic E-state index is 0.215. The number of rotatable bonds is 6. The lowest BCUT2D eigenvalue weighted by molar-refractivity contribution is 0.240. The average Bonchev–Trinajstić information content (AvgIpc) is 3.13. The summed E-state index contributed by atoms with van der Waals surface area (Å²) in [5.41, 5.74) is 2.99. The topological polar surface area (TPSA) is 84.7 Å². The van der Waals surface area contributed by atoms with Gasteiger partial charge in [0.25, 0.3) is 0 Å². The Hall–Kier alpha value is -3.22. The molecule has 2 heterocycles. The molecule has 3 rings (SSSR count). The first-order valence-electron chi connectivity index (χ1n) is 7.61. The Kier molecular flexibility index (Phi) is 5.14. The van der Waals surface area contributed by atoms with Crippen molar-refractivity contribution in [3.63, 3.8) is 0 Å².